The third-order valence-electron chi connectivity index (χ3n) is 3.58. The third kappa shape index (κ3) is 2.99. The van der Waals surface area contributed by atoms with Crippen molar-refractivity contribution in [1.29, 1.82) is 0 Å². The highest BCUT2D eigenvalue weighted by Gasteiger charge is 2.25. The number of hydrogen-bond donors (Lipinski definition) is 1. The molecule has 2 aromatic rings. The maximum absolute atomic E-state index is 6.26. The van der Waals surface area contributed by atoms with Crippen LogP contribution in [0.15, 0.2) is 24.7 Å². The van der Waals surface area contributed by atoms with Crippen molar-refractivity contribution in [2.45, 2.75) is 32.0 Å². The highest BCUT2D eigenvalue weighted by Crippen LogP contribution is 2.38. The van der Waals surface area contributed by atoms with Crippen molar-refractivity contribution in [3.05, 3.63) is 40.9 Å². The summed E-state index contributed by atoms with van der Waals surface area (Å²) in [7, 11) is 1.59. The minimum atomic E-state index is 0.408. The Morgan fingerprint density at radius 1 is 1.43 bits per heavy atom. The summed E-state index contributed by atoms with van der Waals surface area (Å²) in [6.07, 6.45) is 6.09. The molecule has 1 aromatic heterocycles. The van der Waals surface area contributed by atoms with Gasteiger partial charge in [0.15, 0.2) is 11.5 Å². The monoisotopic (exact) mass is 307 g/mol. The molecule has 112 valence electrons. The zero-order valence-electron chi connectivity index (χ0n) is 11.9. The van der Waals surface area contributed by atoms with Crippen LogP contribution in [0.25, 0.3) is 0 Å². The van der Waals surface area contributed by atoms with Crippen LogP contribution in [0.2, 0.25) is 5.02 Å². The van der Waals surface area contributed by atoms with Gasteiger partial charge in [-0.3, -0.25) is 0 Å². The van der Waals surface area contributed by atoms with E-state index >= 15 is 0 Å². The maximum Gasteiger partial charge on any atom is 0.180 e. The van der Waals surface area contributed by atoms with Crippen molar-refractivity contribution in [2.75, 3.05) is 7.11 Å². The van der Waals surface area contributed by atoms with E-state index in [0.29, 0.717) is 35.7 Å². The third-order valence-corrected chi connectivity index (χ3v) is 3.86. The molecule has 0 amide bonds. The molecule has 1 fully saturated rings. The average Bonchev–Trinajstić information content (AvgIpc) is 3.24. The molecule has 3 rings (SSSR count). The Balaban J connectivity index is 1.79. The lowest BCUT2D eigenvalue weighted by atomic mass is 10.2. The van der Waals surface area contributed by atoms with E-state index in [1.165, 1.54) is 12.8 Å². The zero-order chi connectivity index (χ0) is 14.8. The lowest BCUT2D eigenvalue weighted by Crippen LogP contribution is -2.05. The molecule has 1 aromatic carbocycles. The minimum absolute atomic E-state index is 0.408. The molecule has 1 aliphatic rings. The minimum Gasteiger partial charge on any atom is -0.493 e. The molecule has 0 atom stereocenters. The van der Waals surface area contributed by atoms with Crippen LogP contribution in [-0.2, 0) is 13.2 Å². The van der Waals surface area contributed by atoms with Crippen molar-refractivity contribution in [3.63, 3.8) is 0 Å². The van der Waals surface area contributed by atoms with Crippen molar-refractivity contribution < 1.29 is 9.47 Å². The Hall–Kier alpha value is -1.72. The van der Waals surface area contributed by atoms with Gasteiger partial charge in [0.25, 0.3) is 0 Å². The zero-order valence-corrected chi connectivity index (χ0v) is 12.6. The summed E-state index contributed by atoms with van der Waals surface area (Å²) in [4.78, 5) is 4.19. The smallest absolute Gasteiger partial charge is 0.180 e. The summed E-state index contributed by atoms with van der Waals surface area (Å²) in [6.45, 7) is 0.819. The summed E-state index contributed by atoms with van der Waals surface area (Å²) in [5.74, 6) is 1.14. The predicted molar refractivity (Wildman–Crippen MR) is 80.7 cm³/mol. The maximum atomic E-state index is 6.26. The number of nitrogens with zero attached hydrogens (tertiary/aromatic N) is 2. The predicted octanol–water partition coefficient (Wildman–Crippen LogP) is 2.92. The molecule has 0 aliphatic heterocycles. The van der Waals surface area contributed by atoms with Gasteiger partial charge in [0.05, 0.1) is 30.4 Å². The van der Waals surface area contributed by atoms with Crippen molar-refractivity contribution in [3.8, 4) is 11.5 Å². The quantitative estimate of drug-likeness (QED) is 0.891. The Labute approximate surface area is 128 Å². The molecule has 2 N–H and O–H groups in total. The van der Waals surface area contributed by atoms with Gasteiger partial charge in [-0.25, -0.2) is 4.98 Å². The first-order chi connectivity index (χ1) is 10.2. The van der Waals surface area contributed by atoms with Crippen molar-refractivity contribution >= 4 is 11.6 Å². The van der Waals surface area contributed by atoms with E-state index in [4.69, 9.17) is 26.8 Å². The van der Waals surface area contributed by atoms with Crippen LogP contribution in [-0.4, -0.2) is 16.7 Å². The van der Waals surface area contributed by atoms with Gasteiger partial charge in [0.2, 0.25) is 0 Å². The van der Waals surface area contributed by atoms with Crippen LogP contribution in [0.5, 0.6) is 11.5 Å². The molecular weight excluding hydrogens is 290 g/mol. The van der Waals surface area contributed by atoms with Crippen LogP contribution in [0, 0.1) is 0 Å². The Kier molecular flexibility index (Phi) is 4.03. The molecule has 21 heavy (non-hydrogen) atoms. The molecule has 0 spiro atoms. The fraction of sp³-hybridized carbons (Fsp3) is 0.400. The van der Waals surface area contributed by atoms with Crippen LogP contribution >= 0.6 is 11.6 Å². The molecule has 0 saturated heterocycles. The van der Waals surface area contributed by atoms with Gasteiger partial charge < -0.3 is 19.8 Å². The summed E-state index contributed by atoms with van der Waals surface area (Å²) in [5, 5.41) is 0.507. The summed E-state index contributed by atoms with van der Waals surface area (Å²) in [6, 6.07) is 4.22. The van der Waals surface area contributed by atoms with Crippen LogP contribution in [0.4, 0.5) is 0 Å². The Bertz CT molecular complexity index is 638. The molecule has 0 unspecified atom stereocenters. The van der Waals surface area contributed by atoms with E-state index in [1.54, 1.807) is 13.2 Å². The molecule has 1 saturated carbocycles. The second kappa shape index (κ2) is 5.95. The molecule has 0 radical (unpaired) electrons. The highest BCUT2D eigenvalue weighted by atomic mass is 35.5. The van der Waals surface area contributed by atoms with E-state index in [-0.39, 0.29) is 0 Å². The van der Waals surface area contributed by atoms with E-state index in [2.05, 4.69) is 9.55 Å². The lowest BCUT2D eigenvalue weighted by molar-refractivity contribution is 0.276. The number of benzene rings is 1. The summed E-state index contributed by atoms with van der Waals surface area (Å²) < 4.78 is 13.4. The van der Waals surface area contributed by atoms with Gasteiger partial charge in [0, 0.05) is 12.6 Å². The van der Waals surface area contributed by atoms with Crippen LogP contribution in [0.1, 0.15) is 30.1 Å². The fourth-order valence-electron chi connectivity index (χ4n) is 2.30. The molecule has 5 nitrogen and oxygen atoms in total. The topological polar surface area (TPSA) is 62.3 Å². The van der Waals surface area contributed by atoms with Gasteiger partial charge in [-0.2, -0.15) is 0 Å². The summed E-state index contributed by atoms with van der Waals surface area (Å²) in [5.41, 5.74) is 7.59. The number of halogens is 1. The lowest BCUT2D eigenvalue weighted by Gasteiger charge is -2.14. The Morgan fingerprint density at radius 3 is 2.90 bits per heavy atom. The Morgan fingerprint density at radius 2 is 2.24 bits per heavy atom. The molecule has 0 bridgehead atoms. The highest BCUT2D eigenvalue weighted by molar-refractivity contribution is 6.32. The molecule has 6 heteroatoms. The van der Waals surface area contributed by atoms with Crippen LogP contribution in [0.3, 0.4) is 0 Å². The number of imidazole rings is 1. The molecule has 1 aliphatic carbocycles. The molecular formula is C15H18ClN3O2. The number of ether oxygens (including phenoxy) is 2. The number of methoxy groups -OCH3 is 1. The average molecular weight is 308 g/mol. The number of hydrogen-bond acceptors (Lipinski definition) is 4. The van der Waals surface area contributed by atoms with E-state index in [1.807, 2.05) is 18.6 Å². The number of nitrogens with two attached hydrogens (primary N) is 1. The normalized spacial score (nSPS) is 14.2. The fourth-order valence-corrected chi connectivity index (χ4v) is 2.59. The van der Waals surface area contributed by atoms with Crippen LogP contribution < -0.4 is 15.2 Å². The first-order valence-corrected chi connectivity index (χ1v) is 7.30. The first kappa shape index (κ1) is 14.2. The van der Waals surface area contributed by atoms with E-state index in [9.17, 15) is 0 Å². The largest absolute Gasteiger partial charge is 0.493 e. The summed E-state index contributed by atoms with van der Waals surface area (Å²) >= 11 is 6.26. The SMILES string of the molecule is COc1cc(CN)cc(Cl)c1OCc1cncn1C1CC1. The first-order valence-electron chi connectivity index (χ1n) is 6.93. The number of rotatable bonds is 6. The second-order valence-electron chi connectivity index (χ2n) is 5.13. The van der Waals surface area contributed by atoms with E-state index in [0.717, 1.165) is 11.3 Å². The second-order valence-corrected chi connectivity index (χ2v) is 5.53. The van der Waals surface area contributed by atoms with Gasteiger partial charge in [-0.05, 0) is 30.5 Å². The van der Waals surface area contributed by atoms with Crippen molar-refractivity contribution in [2.24, 2.45) is 5.73 Å². The van der Waals surface area contributed by atoms with Gasteiger partial charge in [0.1, 0.15) is 6.61 Å². The van der Waals surface area contributed by atoms with Gasteiger partial charge in [-0.1, -0.05) is 11.6 Å². The standard InChI is InChI=1S/C15H18ClN3O2/c1-20-14-5-10(6-17)4-13(16)15(14)21-8-12-7-18-9-19(12)11-2-3-11/h4-5,7,9,11H,2-3,6,8,17H2,1H3. The van der Waals surface area contributed by atoms with Crippen molar-refractivity contribution in [1.82, 2.24) is 9.55 Å². The van der Waals surface area contributed by atoms with E-state index < -0.39 is 0 Å². The molecule has 1 heterocycles. The van der Waals surface area contributed by atoms with Gasteiger partial charge >= 0.3 is 0 Å². The van der Waals surface area contributed by atoms with Gasteiger partial charge in [-0.15, -0.1) is 0 Å². The number of aromatic nitrogens is 2.